The van der Waals surface area contributed by atoms with Crippen LogP contribution in [-0.2, 0) is 0 Å². The molecule has 12 heavy (non-hydrogen) atoms. The van der Waals surface area contributed by atoms with E-state index in [0.29, 0.717) is 0 Å². The van der Waals surface area contributed by atoms with Gasteiger partial charge in [0.05, 0.1) is 0 Å². The minimum Gasteiger partial charge on any atom is -0.103 e. The second-order valence-electron chi connectivity index (χ2n) is 2.74. The average molecular weight is 168 g/mol. The third kappa shape index (κ3) is 12.2. The molecule has 0 bridgehead atoms. The Bertz CT molecular complexity index is 101. The minimum absolute atomic E-state index is 0.855. The van der Waals surface area contributed by atoms with Gasteiger partial charge in [-0.15, -0.1) is 6.58 Å². The van der Waals surface area contributed by atoms with Gasteiger partial charge in [0, 0.05) is 0 Å². The van der Waals surface area contributed by atoms with Crippen LogP contribution >= 0.6 is 0 Å². The van der Waals surface area contributed by atoms with Crippen LogP contribution in [0, 0.1) is 5.92 Å². The Kier molecular flexibility index (Phi) is 15.3. The molecule has 0 spiro atoms. The topological polar surface area (TPSA) is 0 Å². The highest BCUT2D eigenvalue weighted by Gasteiger charge is 1.98. The Hall–Kier alpha value is -0.520. The smallest absolute Gasteiger partial charge is 0.0262 e. The van der Waals surface area contributed by atoms with Gasteiger partial charge in [-0.25, -0.2) is 0 Å². The van der Waals surface area contributed by atoms with Gasteiger partial charge in [-0.2, -0.15) is 0 Å². The van der Waals surface area contributed by atoms with Crippen LogP contribution in [-0.4, -0.2) is 0 Å². The van der Waals surface area contributed by atoms with Crippen LogP contribution in [0.2, 0.25) is 0 Å². The van der Waals surface area contributed by atoms with Crippen molar-refractivity contribution in [2.24, 2.45) is 5.92 Å². The van der Waals surface area contributed by atoms with Gasteiger partial charge in [-0.1, -0.05) is 39.0 Å². The fourth-order valence-electron chi connectivity index (χ4n) is 0.982. The maximum Gasteiger partial charge on any atom is -0.0262 e. The fourth-order valence-corrected chi connectivity index (χ4v) is 0.982. The van der Waals surface area contributed by atoms with Gasteiger partial charge in [-0.05, 0) is 32.1 Å². The van der Waals surface area contributed by atoms with Crippen molar-refractivity contribution in [1.29, 1.82) is 0 Å². The first kappa shape index (κ1) is 14.0. The van der Waals surface area contributed by atoms with Gasteiger partial charge >= 0.3 is 0 Å². The molecule has 0 aromatic rings. The molecule has 0 saturated carbocycles. The molecule has 0 nitrogen and oxygen atoms in total. The quantitative estimate of drug-likeness (QED) is 0.464. The first-order chi connectivity index (χ1) is 5.81. The van der Waals surface area contributed by atoms with Crippen molar-refractivity contribution in [3.63, 3.8) is 0 Å². The number of allylic oxidation sites excluding steroid dienone is 3. The summed E-state index contributed by atoms with van der Waals surface area (Å²) in [5.41, 5.74) is 0. The lowest BCUT2D eigenvalue weighted by Crippen LogP contribution is -1.92. The van der Waals surface area contributed by atoms with Crippen molar-refractivity contribution < 1.29 is 0 Å². The molecule has 1 aliphatic rings. The molecular formula is C12H24. The highest BCUT2D eigenvalue weighted by Crippen LogP contribution is 2.14. The third-order valence-electron chi connectivity index (χ3n) is 1.49. The molecule has 0 aromatic carbocycles. The molecule has 1 atom stereocenters. The Morgan fingerprint density at radius 3 is 2.08 bits per heavy atom. The van der Waals surface area contributed by atoms with E-state index >= 15 is 0 Å². The van der Waals surface area contributed by atoms with Crippen molar-refractivity contribution in [3.8, 4) is 0 Å². The fraction of sp³-hybridized carbons (Fsp3) is 0.667. The molecule has 0 saturated heterocycles. The minimum atomic E-state index is 0.855. The summed E-state index contributed by atoms with van der Waals surface area (Å²) in [6, 6.07) is 0. The molecule has 1 unspecified atom stereocenters. The summed E-state index contributed by atoms with van der Waals surface area (Å²) in [5.74, 6) is 0.855. The third-order valence-corrected chi connectivity index (χ3v) is 1.49. The molecule has 0 heteroatoms. The van der Waals surface area contributed by atoms with Crippen LogP contribution in [0.1, 0.15) is 47.0 Å². The second-order valence-corrected chi connectivity index (χ2v) is 2.74. The van der Waals surface area contributed by atoms with Crippen molar-refractivity contribution in [3.05, 3.63) is 24.8 Å². The predicted octanol–water partition coefficient (Wildman–Crippen LogP) is 4.58. The van der Waals surface area contributed by atoms with Gasteiger partial charge < -0.3 is 0 Å². The second kappa shape index (κ2) is 13.1. The van der Waals surface area contributed by atoms with E-state index in [1.165, 1.54) is 19.3 Å². The van der Waals surface area contributed by atoms with E-state index in [1.54, 1.807) is 6.08 Å². The first-order valence-corrected chi connectivity index (χ1v) is 5.05. The first-order valence-electron chi connectivity index (χ1n) is 5.05. The Morgan fingerprint density at radius 2 is 1.92 bits per heavy atom. The lowest BCUT2D eigenvalue weighted by molar-refractivity contribution is 0.584. The monoisotopic (exact) mass is 168 g/mol. The lowest BCUT2D eigenvalue weighted by atomic mass is 9.98. The Balaban J connectivity index is 0. The molecule has 0 aromatic heterocycles. The van der Waals surface area contributed by atoms with Crippen molar-refractivity contribution in [2.45, 2.75) is 47.0 Å². The Morgan fingerprint density at radius 1 is 1.42 bits per heavy atom. The summed E-state index contributed by atoms with van der Waals surface area (Å²) in [6.45, 7) is 11.5. The van der Waals surface area contributed by atoms with Gasteiger partial charge in [0.1, 0.15) is 0 Å². The molecule has 0 aliphatic heterocycles. The van der Waals surface area contributed by atoms with Crippen LogP contribution in [0.5, 0.6) is 0 Å². The summed E-state index contributed by atoms with van der Waals surface area (Å²) >= 11 is 0. The molecule has 1 rings (SSSR count). The maximum atomic E-state index is 3.36. The largest absolute Gasteiger partial charge is 0.103 e. The van der Waals surface area contributed by atoms with E-state index in [9.17, 15) is 0 Å². The zero-order valence-corrected chi connectivity index (χ0v) is 9.14. The van der Waals surface area contributed by atoms with E-state index in [4.69, 9.17) is 0 Å². The van der Waals surface area contributed by atoms with Gasteiger partial charge in [0.2, 0.25) is 0 Å². The number of hydrogen-bond acceptors (Lipinski definition) is 0. The zero-order chi connectivity index (χ0) is 9.82. The molecule has 0 N–H and O–H groups in total. The SMILES string of the molecule is C=CC.CC.CC1C=CCCC1. The number of hydrogen-bond donors (Lipinski definition) is 0. The lowest BCUT2D eigenvalue weighted by Gasteiger charge is -2.08. The molecule has 0 fully saturated rings. The Labute approximate surface area is 78.4 Å². The number of rotatable bonds is 0. The van der Waals surface area contributed by atoms with Crippen LogP contribution in [0.3, 0.4) is 0 Å². The van der Waals surface area contributed by atoms with Gasteiger partial charge in [0.25, 0.3) is 0 Å². The summed E-state index contributed by atoms with van der Waals surface area (Å²) in [5, 5.41) is 0. The molecule has 1 aliphatic carbocycles. The van der Waals surface area contributed by atoms with E-state index in [-0.39, 0.29) is 0 Å². The van der Waals surface area contributed by atoms with Crippen LogP contribution in [0.15, 0.2) is 24.8 Å². The van der Waals surface area contributed by atoms with Crippen molar-refractivity contribution >= 4 is 0 Å². The maximum absolute atomic E-state index is 3.36. The molecule has 0 amide bonds. The van der Waals surface area contributed by atoms with E-state index in [1.807, 2.05) is 20.8 Å². The average Bonchev–Trinajstić information content (AvgIpc) is 2.11. The molecule has 0 radical (unpaired) electrons. The summed E-state index contributed by atoms with van der Waals surface area (Å²) < 4.78 is 0. The van der Waals surface area contributed by atoms with Crippen LogP contribution < -0.4 is 0 Å². The standard InChI is InChI=1S/C7H12.C3H6.C2H6/c1-7-5-3-2-4-6-7;1-3-2;1-2/h3,5,7H,2,4,6H2,1H3;3H,1H2,2H3;1-2H3. The van der Waals surface area contributed by atoms with Crippen molar-refractivity contribution in [1.82, 2.24) is 0 Å². The molecule has 72 valence electrons. The van der Waals surface area contributed by atoms with Gasteiger partial charge in [0.15, 0.2) is 0 Å². The summed E-state index contributed by atoms with van der Waals surface area (Å²) in [7, 11) is 0. The van der Waals surface area contributed by atoms with E-state index in [2.05, 4.69) is 25.7 Å². The normalized spacial score (nSPS) is 19.5. The summed E-state index contributed by atoms with van der Waals surface area (Å²) in [6.07, 6.45) is 10.5. The summed E-state index contributed by atoms with van der Waals surface area (Å²) in [4.78, 5) is 0. The van der Waals surface area contributed by atoms with Crippen molar-refractivity contribution in [2.75, 3.05) is 0 Å². The molecular weight excluding hydrogens is 144 g/mol. The van der Waals surface area contributed by atoms with Gasteiger partial charge in [-0.3, -0.25) is 0 Å². The van der Waals surface area contributed by atoms with E-state index < -0.39 is 0 Å². The highest BCUT2D eigenvalue weighted by atomic mass is 14.0. The van der Waals surface area contributed by atoms with E-state index in [0.717, 1.165) is 5.92 Å². The van der Waals surface area contributed by atoms with Crippen LogP contribution in [0.4, 0.5) is 0 Å². The predicted molar refractivity (Wildman–Crippen MR) is 59.4 cm³/mol. The van der Waals surface area contributed by atoms with Crippen LogP contribution in [0.25, 0.3) is 0 Å². The zero-order valence-electron chi connectivity index (χ0n) is 9.14. The highest BCUT2D eigenvalue weighted by molar-refractivity contribution is 4.90. The molecule has 0 heterocycles.